The van der Waals surface area contributed by atoms with Gasteiger partial charge in [-0.3, -0.25) is 14.7 Å². The summed E-state index contributed by atoms with van der Waals surface area (Å²) in [5.74, 6) is 0.218. The zero-order chi connectivity index (χ0) is 19.3. The molecule has 0 N–H and O–H groups in total. The number of pyridine rings is 1. The summed E-state index contributed by atoms with van der Waals surface area (Å²) in [6.07, 6.45) is 2.86. The highest BCUT2D eigenvalue weighted by Crippen LogP contribution is 2.31. The number of likely N-dealkylation sites (tertiary alicyclic amines) is 1. The van der Waals surface area contributed by atoms with Gasteiger partial charge in [-0.25, -0.2) is 0 Å². The normalized spacial score (nSPS) is 20.5. The molecule has 5 heteroatoms. The lowest BCUT2D eigenvalue weighted by Gasteiger charge is -2.30. The number of carbonyl (C=O) groups excluding carboxylic acids is 1. The summed E-state index contributed by atoms with van der Waals surface area (Å²) in [6.45, 7) is 6.55. The second-order valence-electron chi connectivity index (χ2n) is 7.85. The van der Waals surface area contributed by atoms with Crippen LogP contribution in [0.4, 0.5) is 0 Å². The van der Waals surface area contributed by atoms with Crippen LogP contribution in [0.3, 0.4) is 0 Å². The maximum absolute atomic E-state index is 12.9. The van der Waals surface area contributed by atoms with Crippen LogP contribution in [0, 0.1) is 6.92 Å². The van der Waals surface area contributed by atoms with Gasteiger partial charge in [-0.2, -0.15) is 0 Å². The fourth-order valence-electron chi connectivity index (χ4n) is 4.11. The molecule has 1 amide bonds. The Morgan fingerprint density at radius 3 is 2.68 bits per heavy atom. The van der Waals surface area contributed by atoms with E-state index >= 15 is 0 Å². The first-order valence-corrected chi connectivity index (χ1v) is 10.3. The van der Waals surface area contributed by atoms with Crippen LogP contribution in [0.2, 0.25) is 0 Å². The van der Waals surface area contributed by atoms with E-state index in [1.165, 1.54) is 11.1 Å². The molecule has 1 aromatic carbocycles. The molecule has 0 bridgehead atoms. The smallest absolute Gasteiger partial charge is 0.237 e. The third-order valence-corrected chi connectivity index (χ3v) is 5.71. The minimum atomic E-state index is 0.103. The Bertz CT molecular complexity index is 800. The van der Waals surface area contributed by atoms with Gasteiger partial charge in [0.25, 0.3) is 0 Å². The first-order chi connectivity index (χ1) is 13.7. The summed E-state index contributed by atoms with van der Waals surface area (Å²) < 4.78 is 5.39. The quantitative estimate of drug-likeness (QED) is 0.801. The number of rotatable bonds is 5. The van der Waals surface area contributed by atoms with Gasteiger partial charge in [0.05, 0.1) is 31.5 Å². The van der Waals surface area contributed by atoms with Gasteiger partial charge in [-0.05, 0) is 37.5 Å². The summed E-state index contributed by atoms with van der Waals surface area (Å²) in [7, 11) is 0. The number of morpholine rings is 1. The molecule has 2 saturated heterocycles. The maximum Gasteiger partial charge on any atom is 0.237 e. The summed E-state index contributed by atoms with van der Waals surface area (Å²) in [5, 5.41) is 0. The van der Waals surface area contributed by atoms with E-state index in [1.54, 1.807) is 0 Å². The number of carbonyl (C=O) groups is 1. The monoisotopic (exact) mass is 379 g/mol. The minimum Gasteiger partial charge on any atom is -0.379 e. The average Bonchev–Trinajstić information content (AvgIpc) is 3.21. The lowest BCUT2D eigenvalue weighted by molar-refractivity contribution is -0.134. The van der Waals surface area contributed by atoms with Crippen molar-refractivity contribution >= 4 is 5.91 Å². The van der Waals surface area contributed by atoms with Crippen molar-refractivity contribution in [3.05, 3.63) is 65.0 Å². The van der Waals surface area contributed by atoms with Crippen LogP contribution in [-0.2, 0) is 16.0 Å². The van der Waals surface area contributed by atoms with Crippen LogP contribution in [-0.4, -0.2) is 60.1 Å². The molecule has 148 valence electrons. The van der Waals surface area contributed by atoms with Gasteiger partial charge in [-0.1, -0.05) is 35.9 Å². The Morgan fingerprint density at radius 1 is 1.11 bits per heavy atom. The van der Waals surface area contributed by atoms with E-state index in [1.807, 2.05) is 4.90 Å². The summed E-state index contributed by atoms with van der Waals surface area (Å²) in [5.41, 5.74) is 4.62. The molecule has 2 aliphatic rings. The molecule has 4 rings (SSSR count). The van der Waals surface area contributed by atoms with Gasteiger partial charge in [0.1, 0.15) is 0 Å². The van der Waals surface area contributed by atoms with Crippen LogP contribution in [0.15, 0.2) is 42.5 Å². The highest BCUT2D eigenvalue weighted by atomic mass is 16.5. The van der Waals surface area contributed by atoms with Crippen LogP contribution in [0.5, 0.6) is 0 Å². The second kappa shape index (κ2) is 8.84. The Hall–Kier alpha value is -2.24. The van der Waals surface area contributed by atoms with Crippen molar-refractivity contribution in [1.82, 2.24) is 14.8 Å². The molecule has 0 radical (unpaired) electrons. The van der Waals surface area contributed by atoms with Gasteiger partial charge in [-0.15, -0.1) is 0 Å². The van der Waals surface area contributed by atoms with Crippen molar-refractivity contribution in [2.24, 2.45) is 0 Å². The van der Waals surface area contributed by atoms with Crippen LogP contribution >= 0.6 is 0 Å². The van der Waals surface area contributed by atoms with E-state index in [-0.39, 0.29) is 11.9 Å². The van der Waals surface area contributed by atoms with E-state index in [9.17, 15) is 4.79 Å². The van der Waals surface area contributed by atoms with Crippen LogP contribution in [0.25, 0.3) is 0 Å². The molecule has 3 heterocycles. The maximum atomic E-state index is 12.9. The van der Waals surface area contributed by atoms with E-state index in [2.05, 4.69) is 54.3 Å². The Labute approximate surface area is 167 Å². The molecule has 2 fully saturated rings. The highest BCUT2D eigenvalue weighted by Gasteiger charge is 2.31. The topological polar surface area (TPSA) is 45.7 Å². The average molecular weight is 380 g/mol. The van der Waals surface area contributed by atoms with Gasteiger partial charge in [0.15, 0.2) is 0 Å². The molecular weight excluding hydrogens is 350 g/mol. The Balaban J connectivity index is 1.44. The summed E-state index contributed by atoms with van der Waals surface area (Å²) in [6, 6.07) is 14.9. The van der Waals surface area contributed by atoms with Gasteiger partial charge in [0.2, 0.25) is 5.91 Å². The standard InChI is InChI=1S/C23H29N3O2/c1-18-7-9-19(10-8-18)16-20-4-2-5-21(24-20)22-6-3-11-26(22)23(27)17-25-12-14-28-15-13-25/h2,4-5,7-10,22H,3,6,11-17H2,1H3/t22-/m0/s1. The zero-order valence-electron chi connectivity index (χ0n) is 16.6. The predicted molar refractivity (Wildman–Crippen MR) is 109 cm³/mol. The third kappa shape index (κ3) is 4.59. The van der Waals surface area contributed by atoms with Gasteiger partial charge < -0.3 is 9.64 Å². The zero-order valence-corrected chi connectivity index (χ0v) is 16.6. The minimum absolute atomic E-state index is 0.103. The number of hydrogen-bond donors (Lipinski definition) is 0. The number of benzene rings is 1. The van der Waals surface area contributed by atoms with Gasteiger partial charge >= 0.3 is 0 Å². The van der Waals surface area contributed by atoms with Crippen molar-refractivity contribution in [2.45, 2.75) is 32.2 Å². The van der Waals surface area contributed by atoms with Crippen molar-refractivity contribution in [3.63, 3.8) is 0 Å². The van der Waals surface area contributed by atoms with Crippen molar-refractivity contribution in [2.75, 3.05) is 39.4 Å². The molecule has 1 aromatic heterocycles. The Morgan fingerprint density at radius 2 is 1.89 bits per heavy atom. The van der Waals surface area contributed by atoms with E-state index in [4.69, 9.17) is 9.72 Å². The van der Waals surface area contributed by atoms with Crippen LogP contribution in [0.1, 0.15) is 41.4 Å². The summed E-state index contributed by atoms with van der Waals surface area (Å²) in [4.78, 5) is 22.1. The SMILES string of the molecule is Cc1ccc(Cc2cccc([C@@H]3CCCN3C(=O)CN3CCOCC3)n2)cc1. The molecule has 0 unspecified atom stereocenters. The van der Waals surface area contributed by atoms with Crippen molar-refractivity contribution in [3.8, 4) is 0 Å². The molecule has 2 aliphatic heterocycles. The fourth-order valence-corrected chi connectivity index (χ4v) is 4.11. The Kier molecular flexibility index (Phi) is 6.03. The van der Waals surface area contributed by atoms with E-state index in [0.717, 1.165) is 63.5 Å². The van der Waals surface area contributed by atoms with Crippen molar-refractivity contribution < 1.29 is 9.53 Å². The number of aromatic nitrogens is 1. The first-order valence-electron chi connectivity index (χ1n) is 10.3. The first kappa shape index (κ1) is 19.1. The number of nitrogens with zero attached hydrogens (tertiary/aromatic N) is 3. The molecule has 28 heavy (non-hydrogen) atoms. The lowest BCUT2D eigenvalue weighted by atomic mass is 10.1. The third-order valence-electron chi connectivity index (χ3n) is 5.71. The van der Waals surface area contributed by atoms with E-state index < -0.39 is 0 Å². The molecule has 0 spiro atoms. The molecule has 5 nitrogen and oxygen atoms in total. The largest absolute Gasteiger partial charge is 0.379 e. The lowest BCUT2D eigenvalue weighted by Crippen LogP contribution is -2.44. The fraction of sp³-hybridized carbons (Fsp3) is 0.478. The molecule has 0 saturated carbocycles. The number of ether oxygens (including phenoxy) is 1. The predicted octanol–water partition coefficient (Wildman–Crippen LogP) is 2.98. The number of amides is 1. The van der Waals surface area contributed by atoms with Crippen molar-refractivity contribution in [1.29, 1.82) is 0 Å². The second-order valence-corrected chi connectivity index (χ2v) is 7.85. The molecular formula is C23H29N3O2. The van der Waals surface area contributed by atoms with E-state index in [0.29, 0.717) is 6.54 Å². The van der Waals surface area contributed by atoms with Crippen LogP contribution < -0.4 is 0 Å². The van der Waals surface area contributed by atoms with Gasteiger partial charge in [0, 0.05) is 31.7 Å². The molecule has 0 aliphatic carbocycles. The summed E-state index contributed by atoms with van der Waals surface area (Å²) >= 11 is 0. The molecule has 1 atom stereocenters. The number of hydrogen-bond acceptors (Lipinski definition) is 4. The number of aryl methyl sites for hydroxylation is 1. The molecule has 2 aromatic rings. The highest BCUT2D eigenvalue weighted by molar-refractivity contribution is 5.79.